The Morgan fingerprint density at radius 1 is 1.21 bits per heavy atom. The maximum absolute atomic E-state index is 12.1. The van der Waals surface area contributed by atoms with E-state index in [0.29, 0.717) is 23.1 Å². The number of ether oxygens (including phenoxy) is 3. The van der Waals surface area contributed by atoms with E-state index >= 15 is 0 Å². The van der Waals surface area contributed by atoms with Gasteiger partial charge in [-0.15, -0.1) is 10.2 Å². The second-order valence-corrected chi connectivity index (χ2v) is 7.71. The summed E-state index contributed by atoms with van der Waals surface area (Å²) in [7, 11) is 0. The maximum atomic E-state index is 12.1. The minimum Gasteiger partial charge on any atom is -0.454 e. The molecule has 0 bridgehead atoms. The van der Waals surface area contributed by atoms with E-state index in [9.17, 15) is 4.79 Å². The Kier molecular flexibility index (Phi) is 4.94. The molecule has 0 radical (unpaired) electrons. The lowest BCUT2D eigenvalue weighted by molar-refractivity contribution is -0.119. The van der Waals surface area contributed by atoms with Gasteiger partial charge in [0.15, 0.2) is 17.1 Å². The Labute approximate surface area is 170 Å². The van der Waals surface area contributed by atoms with Crippen molar-refractivity contribution in [2.75, 3.05) is 25.7 Å². The molecule has 0 aliphatic carbocycles. The number of fused-ring (bicyclic) bond motifs is 2. The van der Waals surface area contributed by atoms with Gasteiger partial charge in [-0.2, -0.15) is 9.61 Å². The summed E-state index contributed by atoms with van der Waals surface area (Å²) in [6, 6.07) is 9.42. The lowest BCUT2D eigenvalue weighted by Gasteiger charge is -2.10. The van der Waals surface area contributed by atoms with Gasteiger partial charge < -0.3 is 19.5 Å². The topological polar surface area (TPSA) is 99.9 Å². The number of amides is 1. The van der Waals surface area contributed by atoms with Gasteiger partial charge in [0.25, 0.3) is 0 Å². The molecule has 1 aromatic carbocycles. The van der Waals surface area contributed by atoms with Gasteiger partial charge in [-0.05, 0) is 43.2 Å². The van der Waals surface area contributed by atoms with Gasteiger partial charge in [-0.1, -0.05) is 11.8 Å². The molecule has 150 valence electrons. The molecule has 0 unspecified atom stereocenters. The number of rotatable bonds is 6. The lowest BCUT2D eigenvalue weighted by atomic mass is 10.1. The molecule has 4 heterocycles. The van der Waals surface area contributed by atoms with E-state index < -0.39 is 0 Å². The second kappa shape index (κ2) is 7.88. The number of benzene rings is 1. The van der Waals surface area contributed by atoms with Crippen LogP contribution in [0.3, 0.4) is 0 Å². The van der Waals surface area contributed by atoms with E-state index in [4.69, 9.17) is 14.2 Å². The van der Waals surface area contributed by atoms with Gasteiger partial charge in [0, 0.05) is 18.7 Å². The summed E-state index contributed by atoms with van der Waals surface area (Å²) < 4.78 is 18.0. The molecule has 10 heteroatoms. The second-order valence-electron chi connectivity index (χ2n) is 6.77. The Bertz CT molecular complexity index is 1050. The van der Waals surface area contributed by atoms with Crippen LogP contribution < -0.4 is 14.8 Å². The zero-order valence-electron chi connectivity index (χ0n) is 15.5. The number of hydrogen-bond donors (Lipinski definition) is 1. The van der Waals surface area contributed by atoms with E-state index in [1.165, 1.54) is 11.8 Å². The molecule has 2 aliphatic heterocycles. The van der Waals surface area contributed by atoms with Gasteiger partial charge in [-0.25, -0.2) is 0 Å². The van der Waals surface area contributed by atoms with Crippen LogP contribution in [0.2, 0.25) is 0 Å². The maximum Gasteiger partial charge on any atom is 0.231 e. The fourth-order valence-electron chi connectivity index (χ4n) is 3.28. The highest BCUT2D eigenvalue weighted by atomic mass is 32.2. The highest BCUT2D eigenvalue weighted by Gasteiger charge is 2.18. The van der Waals surface area contributed by atoms with Gasteiger partial charge in [0.05, 0.1) is 17.6 Å². The number of carbonyl (C=O) groups excluding carboxylic acids is 1. The van der Waals surface area contributed by atoms with Crippen molar-refractivity contribution >= 4 is 23.3 Å². The summed E-state index contributed by atoms with van der Waals surface area (Å²) in [6.07, 6.45) is 2.18. The third kappa shape index (κ3) is 3.85. The van der Waals surface area contributed by atoms with Crippen molar-refractivity contribution in [3.63, 3.8) is 0 Å². The first-order valence-corrected chi connectivity index (χ1v) is 10.4. The predicted molar refractivity (Wildman–Crippen MR) is 105 cm³/mol. The largest absolute Gasteiger partial charge is 0.454 e. The summed E-state index contributed by atoms with van der Waals surface area (Å²) >= 11 is 1.30. The van der Waals surface area contributed by atoms with Crippen LogP contribution in [0.5, 0.6) is 11.5 Å². The summed E-state index contributed by atoms with van der Waals surface area (Å²) in [5, 5.41) is 16.4. The van der Waals surface area contributed by atoms with Gasteiger partial charge >= 0.3 is 0 Å². The number of thioether (sulfide) groups is 1. The molecule has 0 saturated carbocycles. The summed E-state index contributed by atoms with van der Waals surface area (Å²) in [5.74, 6) is 1.60. The Balaban J connectivity index is 1.28. The van der Waals surface area contributed by atoms with Crippen LogP contribution in [0, 0.1) is 0 Å². The average molecular weight is 413 g/mol. The Hall–Kier alpha value is -2.85. The molecular formula is C19H19N5O4S. The standard InChI is InChI=1S/C19H19N5O4S/c25-18(20-9-13-2-1-7-26-13)10-29-19-22-21-17-6-4-14(23-24(17)19)12-3-5-15-16(8-12)28-11-27-15/h3-6,8,13H,1-2,7,9-11H2,(H,20,25)/t13-/m1/s1. The molecule has 1 fully saturated rings. The third-order valence-corrected chi connectivity index (χ3v) is 5.71. The molecule has 2 aromatic heterocycles. The molecule has 3 aromatic rings. The van der Waals surface area contributed by atoms with Crippen molar-refractivity contribution in [1.29, 1.82) is 0 Å². The first-order chi connectivity index (χ1) is 14.3. The van der Waals surface area contributed by atoms with Crippen molar-refractivity contribution in [1.82, 2.24) is 25.1 Å². The van der Waals surface area contributed by atoms with Crippen LogP contribution in [-0.2, 0) is 9.53 Å². The fraction of sp³-hybridized carbons (Fsp3) is 0.368. The fourth-order valence-corrected chi connectivity index (χ4v) is 4.00. The zero-order chi connectivity index (χ0) is 19.6. The average Bonchev–Trinajstić information content (AvgIpc) is 3.50. The van der Waals surface area contributed by atoms with Crippen molar-refractivity contribution < 1.29 is 19.0 Å². The van der Waals surface area contributed by atoms with E-state index in [0.717, 1.165) is 36.5 Å². The van der Waals surface area contributed by atoms with Crippen LogP contribution >= 0.6 is 11.8 Å². The van der Waals surface area contributed by atoms with Crippen LogP contribution in [0.1, 0.15) is 12.8 Å². The van der Waals surface area contributed by atoms with Crippen LogP contribution in [0.15, 0.2) is 35.5 Å². The number of nitrogens with one attached hydrogen (secondary N) is 1. The van der Waals surface area contributed by atoms with Crippen molar-refractivity contribution in [2.45, 2.75) is 24.1 Å². The minimum atomic E-state index is -0.0609. The van der Waals surface area contributed by atoms with Crippen molar-refractivity contribution in [2.24, 2.45) is 0 Å². The summed E-state index contributed by atoms with van der Waals surface area (Å²) in [6.45, 7) is 1.55. The Morgan fingerprint density at radius 3 is 3.03 bits per heavy atom. The molecular weight excluding hydrogens is 394 g/mol. The molecule has 9 nitrogen and oxygen atoms in total. The van der Waals surface area contributed by atoms with Crippen molar-refractivity contribution in [3.8, 4) is 22.8 Å². The Morgan fingerprint density at radius 2 is 2.14 bits per heavy atom. The van der Waals surface area contributed by atoms with Gasteiger partial charge in [0.2, 0.25) is 17.9 Å². The molecule has 1 saturated heterocycles. The number of hydrogen-bond acceptors (Lipinski definition) is 8. The number of carbonyl (C=O) groups is 1. The highest BCUT2D eigenvalue weighted by Crippen LogP contribution is 2.35. The van der Waals surface area contributed by atoms with E-state index in [-0.39, 0.29) is 24.6 Å². The SMILES string of the molecule is O=C(CSc1nnc2ccc(-c3ccc4c(c3)OCO4)nn12)NC[C@H]1CCCO1. The normalized spacial score (nSPS) is 17.7. The van der Waals surface area contributed by atoms with E-state index in [1.807, 2.05) is 30.3 Å². The predicted octanol–water partition coefficient (Wildman–Crippen LogP) is 1.91. The quantitative estimate of drug-likeness (QED) is 0.612. The van der Waals surface area contributed by atoms with Crippen LogP contribution in [0.25, 0.3) is 16.9 Å². The molecule has 0 spiro atoms. The van der Waals surface area contributed by atoms with Gasteiger partial charge in [-0.3, -0.25) is 4.79 Å². The first kappa shape index (κ1) is 18.2. The first-order valence-electron chi connectivity index (χ1n) is 9.40. The van der Waals surface area contributed by atoms with Crippen molar-refractivity contribution in [3.05, 3.63) is 30.3 Å². The molecule has 1 atom stereocenters. The van der Waals surface area contributed by atoms with Gasteiger partial charge in [0.1, 0.15) is 0 Å². The van der Waals surface area contributed by atoms with E-state index in [1.54, 1.807) is 4.52 Å². The van der Waals surface area contributed by atoms with Crippen LogP contribution in [0.4, 0.5) is 0 Å². The minimum absolute atomic E-state index is 0.0609. The molecule has 29 heavy (non-hydrogen) atoms. The molecule has 5 rings (SSSR count). The van der Waals surface area contributed by atoms with Crippen LogP contribution in [-0.4, -0.2) is 57.5 Å². The monoisotopic (exact) mass is 413 g/mol. The number of aromatic nitrogens is 4. The smallest absolute Gasteiger partial charge is 0.231 e. The summed E-state index contributed by atoms with van der Waals surface area (Å²) in [4.78, 5) is 12.1. The zero-order valence-corrected chi connectivity index (χ0v) is 16.4. The summed E-state index contributed by atoms with van der Waals surface area (Å²) in [5.41, 5.74) is 2.27. The van der Waals surface area contributed by atoms with E-state index in [2.05, 4.69) is 20.6 Å². The third-order valence-electron chi connectivity index (χ3n) is 4.79. The number of nitrogens with zero attached hydrogens (tertiary/aromatic N) is 4. The highest BCUT2D eigenvalue weighted by molar-refractivity contribution is 7.99. The molecule has 1 amide bonds. The molecule has 2 aliphatic rings. The molecule has 1 N–H and O–H groups in total. The lowest BCUT2D eigenvalue weighted by Crippen LogP contribution is -2.32.